The first-order valence-corrected chi connectivity index (χ1v) is 7.36. The highest BCUT2D eigenvalue weighted by Gasteiger charge is 2.20. The van der Waals surface area contributed by atoms with E-state index in [-0.39, 0.29) is 11.9 Å². The van der Waals surface area contributed by atoms with Crippen LogP contribution in [0.25, 0.3) is 0 Å². The molecular weight excluding hydrogens is 323 g/mol. The Kier molecular flexibility index (Phi) is 5.28. The molecule has 2 rings (SSSR count). The molecule has 1 heterocycles. The zero-order valence-corrected chi connectivity index (χ0v) is 12.9. The van der Waals surface area contributed by atoms with E-state index < -0.39 is 0 Å². The number of rotatable bonds is 6. The Morgan fingerprint density at radius 1 is 1.50 bits per heavy atom. The first-order chi connectivity index (χ1) is 9.67. The van der Waals surface area contributed by atoms with Gasteiger partial charge < -0.3 is 4.57 Å². The summed E-state index contributed by atoms with van der Waals surface area (Å²) in [6.45, 7) is 3.00. The van der Waals surface area contributed by atoms with Crippen LogP contribution in [-0.2, 0) is 13.0 Å². The van der Waals surface area contributed by atoms with Gasteiger partial charge in [-0.2, -0.15) is 0 Å². The summed E-state index contributed by atoms with van der Waals surface area (Å²) in [5, 5.41) is 0. The number of aromatic nitrogens is 2. The molecule has 0 spiro atoms. The lowest BCUT2D eigenvalue weighted by Crippen LogP contribution is -2.31. The van der Waals surface area contributed by atoms with Crippen LogP contribution in [0.15, 0.2) is 35.1 Å². The number of aryl methyl sites for hydroxylation is 1. The second-order valence-corrected chi connectivity index (χ2v) is 5.45. The van der Waals surface area contributed by atoms with Crippen molar-refractivity contribution in [3.8, 4) is 0 Å². The van der Waals surface area contributed by atoms with Gasteiger partial charge in [0.25, 0.3) is 0 Å². The van der Waals surface area contributed by atoms with E-state index in [1.807, 2.05) is 6.20 Å². The quantitative estimate of drug-likeness (QED) is 0.627. The van der Waals surface area contributed by atoms with Gasteiger partial charge >= 0.3 is 0 Å². The molecule has 1 atom stereocenters. The monoisotopic (exact) mass is 340 g/mol. The SMILES string of the molecule is CCCn1ccnc1CC(NN)c1c(F)cccc1Br. The van der Waals surface area contributed by atoms with Crippen molar-refractivity contribution in [2.45, 2.75) is 32.4 Å². The molecule has 0 aliphatic rings. The summed E-state index contributed by atoms with van der Waals surface area (Å²) in [6.07, 6.45) is 5.24. The molecule has 0 bridgehead atoms. The third kappa shape index (κ3) is 3.26. The van der Waals surface area contributed by atoms with Crippen LogP contribution in [0.4, 0.5) is 4.39 Å². The molecule has 1 aromatic carbocycles. The lowest BCUT2D eigenvalue weighted by molar-refractivity contribution is 0.487. The molecule has 1 aromatic heterocycles. The number of nitrogens with two attached hydrogens (primary N) is 1. The van der Waals surface area contributed by atoms with E-state index in [2.05, 4.69) is 37.8 Å². The fourth-order valence-corrected chi connectivity index (χ4v) is 2.86. The van der Waals surface area contributed by atoms with Crippen LogP contribution in [0.2, 0.25) is 0 Å². The third-order valence-corrected chi connectivity index (χ3v) is 3.89. The number of nitrogens with zero attached hydrogens (tertiary/aromatic N) is 2. The van der Waals surface area contributed by atoms with Crippen molar-refractivity contribution in [3.05, 3.63) is 52.3 Å². The standard InChI is InChI=1S/C14H18BrFN4/c1-2-7-20-8-6-18-13(20)9-12(19-17)14-10(15)4-3-5-11(14)16/h3-6,8,12,19H,2,7,9,17H2,1H3. The van der Waals surface area contributed by atoms with Crippen LogP contribution in [0.3, 0.4) is 0 Å². The van der Waals surface area contributed by atoms with Gasteiger partial charge in [-0.25, -0.2) is 9.37 Å². The summed E-state index contributed by atoms with van der Waals surface area (Å²) < 4.78 is 16.8. The van der Waals surface area contributed by atoms with Gasteiger partial charge in [-0.1, -0.05) is 28.9 Å². The second kappa shape index (κ2) is 6.97. The van der Waals surface area contributed by atoms with E-state index in [1.165, 1.54) is 6.07 Å². The minimum Gasteiger partial charge on any atom is -0.335 e. The smallest absolute Gasteiger partial charge is 0.129 e. The largest absolute Gasteiger partial charge is 0.335 e. The molecule has 0 saturated carbocycles. The van der Waals surface area contributed by atoms with Gasteiger partial charge in [-0.3, -0.25) is 11.3 Å². The van der Waals surface area contributed by atoms with Crippen molar-refractivity contribution < 1.29 is 4.39 Å². The highest BCUT2D eigenvalue weighted by Crippen LogP contribution is 2.28. The Balaban J connectivity index is 2.27. The van der Waals surface area contributed by atoms with Crippen LogP contribution in [0, 0.1) is 5.82 Å². The number of hydrogen-bond acceptors (Lipinski definition) is 3. The number of halogens is 2. The highest BCUT2D eigenvalue weighted by molar-refractivity contribution is 9.10. The van der Waals surface area contributed by atoms with Gasteiger partial charge in [-0.05, 0) is 18.6 Å². The summed E-state index contributed by atoms with van der Waals surface area (Å²) in [4.78, 5) is 4.34. The normalized spacial score (nSPS) is 12.6. The predicted molar refractivity (Wildman–Crippen MR) is 80.4 cm³/mol. The van der Waals surface area contributed by atoms with E-state index >= 15 is 0 Å². The average molecular weight is 341 g/mol. The van der Waals surface area contributed by atoms with Crippen LogP contribution >= 0.6 is 15.9 Å². The van der Waals surface area contributed by atoms with E-state index in [1.54, 1.807) is 18.3 Å². The van der Waals surface area contributed by atoms with Crippen LogP contribution in [0.5, 0.6) is 0 Å². The van der Waals surface area contributed by atoms with Crippen molar-refractivity contribution >= 4 is 15.9 Å². The Bertz CT molecular complexity index is 550. The molecule has 1 unspecified atom stereocenters. The van der Waals surface area contributed by atoms with E-state index in [0.29, 0.717) is 16.5 Å². The van der Waals surface area contributed by atoms with Gasteiger partial charge in [0.1, 0.15) is 11.6 Å². The minimum atomic E-state index is -0.330. The van der Waals surface area contributed by atoms with Crippen LogP contribution in [0.1, 0.15) is 30.8 Å². The van der Waals surface area contributed by atoms with Crippen molar-refractivity contribution in [1.29, 1.82) is 0 Å². The van der Waals surface area contributed by atoms with Gasteiger partial charge in [-0.15, -0.1) is 0 Å². The fourth-order valence-electron chi connectivity index (χ4n) is 2.24. The molecule has 0 aliphatic carbocycles. The number of hydrogen-bond donors (Lipinski definition) is 2. The molecule has 0 amide bonds. The first kappa shape index (κ1) is 15.2. The second-order valence-electron chi connectivity index (χ2n) is 4.60. The number of imidazole rings is 1. The summed E-state index contributed by atoms with van der Waals surface area (Å²) >= 11 is 3.38. The van der Waals surface area contributed by atoms with Crippen molar-refractivity contribution in [3.63, 3.8) is 0 Å². The molecule has 108 valence electrons. The lowest BCUT2D eigenvalue weighted by Gasteiger charge is -2.19. The van der Waals surface area contributed by atoms with Crippen LogP contribution < -0.4 is 11.3 Å². The van der Waals surface area contributed by atoms with Crippen molar-refractivity contribution in [1.82, 2.24) is 15.0 Å². The highest BCUT2D eigenvalue weighted by atomic mass is 79.9. The zero-order chi connectivity index (χ0) is 14.5. The Morgan fingerprint density at radius 2 is 2.30 bits per heavy atom. The first-order valence-electron chi connectivity index (χ1n) is 6.57. The van der Waals surface area contributed by atoms with E-state index in [9.17, 15) is 4.39 Å². The van der Waals surface area contributed by atoms with Gasteiger partial charge in [0, 0.05) is 35.4 Å². The average Bonchev–Trinajstić information content (AvgIpc) is 2.85. The molecule has 0 saturated heterocycles. The van der Waals surface area contributed by atoms with E-state index in [4.69, 9.17) is 5.84 Å². The molecule has 0 fully saturated rings. The maximum Gasteiger partial charge on any atom is 0.129 e. The van der Waals surface area contributed by atoms with Crippen molar-refractivity contribution in [2.24, 2.45) is 5.84 Å². The molecule has 20 heavy (non-hydrogen) atoms. The molecule has 0 radical (unpaired) electrons. The molecule has 6 heteroatoms. The third-order valence-electron chi connectivity index (χ3n) is 3.20. The van der Waals surface area contributed by atoms with Crippen molar-refractivity contribution in [2.75, 3.05) is 0 Å². The van der Waals surface area contributed by atoms with Gasteiger partial charge in [0.15, 0.2) is 0 Å². The molecule has 2 aromatic rings. The summed E-state index contributed by atoms with van der Waals surface area (Å²) in [6, 6.07) is 4.57. The number of benzene rings is 1. The molecule has 0 aliphatic heterocycles. The summed E-state index contributed by atoms with van der Waals surface area (Å²) in [5.74, 6) is 6.22. The number of nitrogens with one attached hydrogen (secondary N) is 1. The molecular formula is C14H18BrFN4. The number of hydrazine groups is 1. The molecule has 4 nitrogen and oxygen atoms in total. The van der Waals surface area contributed by atoms with E-state index in [0.717, 1.165) is 18.8 Å². The maximum atomic E-state index is 14.0. The fraction of sp³-hybridized carbons (Fsp3) is 0.357. The van der Waals surface area contributed by atoms with Crippen LogP contribution in [-0.4, -0.2) is 9.55 Å². The minimum absolute atomic E-state index is 0.282. The molecule has 3 N–H and O–H groups in total. The summed E-state index contributed by atoms with van der Waals surface area (Å²) in [5.41, 5.74) is 3.21. The lowest BCUT2D eigenvalue weighted by atomic mass is 10.0. The predicted octanol–water partition coefficient (Wildman–Crippen LogP) is 2.94. The maximum absolute atomic E-state index is 14.0. The Labute approximate surface area is 126 Å². The Morgan fingerprint density at radius 3 is 2.95 bits per heavy atom. The summed E-state index contributed by atoms with van der Waals surface area (Å²) in [7, 11) is 0. The van der Waals surface area contributed by atoms with Gasteiger partial charge in [0.05, 0.1) is 6.04 Å². The Hall–Kier alpha value is -1.24. The zero-order valence-electron chi connectivity index (χ0n) is 11.3. The topological polar surface area (TPSA) is 55.9 Å². The van der Waals surface area contributed by atoms with Gasteiger partial charge in [0.2, 0.25) is 0 Å².